The van der Waals surface area contributed by atoms with Crippen LogP contribution in [0.2, 0.25) is 0 Å². The van der Waals surface area contributed by atoms with Gasteiger partial charge in [0, 0.05) is 0 Å². The van der Waals surface area contributed by atoms with E-state index in [1.54, 1.807) is 6.07 Å². The van der Waals surface area contributed by atoms with E-state index in [2.05, 4.69) is 10.4 Å². The van der Waals surface area contributed by atoms with Gasteiger partial charge in [0.05, 0.1) is 0 Å². The third-order valence-corrected chi connectivity index (χ3v) is 2.76. The molecule has 0 atom stereocenters. The Balaban J connectivity index is 2.33. The lowest BCUT2D eigenvalue weighted by atomic mass is 10.0. The number of nitrogens with zero attached hydrogens (tertiary/aromatic N) is 1. The number of carbonyl (C=O) groups excluding carboxylic acids is 2. The molecule has 1 aliphatic heterocycles. The van der Waals surface area contributed by atoms with E-state index in [-0.39, 0.29) is 0 Å². The van der Waals surface area contributed by atoms with Gasteiger partial charge in [-0.1, -0.05) is 26.0 Å². The highest BCUT2D eigenvalue weighted by Crippen LogP contribution is 2.25. The SMILES string of the molecule is CCc1cccc(N2NOC(=O)C(=O)O2)c1CC. The molecule has 2 rings (SSSR count). The maximum atomic E-state index is 11.2. The second-order valence-corrected chi connectivity index (χ2v) is 3.78. The molecule has 0 bridgehead atoms. The van der Waals surface area contributed by atoms with Crippen LogP contribution in [0.4, 0.5) is 5.69 Å². The maximum Gasteiger partial charge on any atom is 0.444 e. The van der Waals surface area contributed by atoms with Gasteiger partial charge in [-0.3, -0.25) is 0 Å². The van der Waals surface area contributed by atoms with Gasteiger partial charge >= 0.3 is 11.9 Å². The molecule has 1 aliphatic rings. The van der Waals surface area contributed by atoms with Gasteiger partial charge in [0.25, 0.3) is 0 Å². The summed E-state index contributed by atoms with van der Waals surface area (Å²) in [5.41, 5.74) is 5.14. The molecule has 0 spiro atoms. The highest BCUT2D eigenvalue weighted by molar-refractivity contribution is 6.30. The van der Waals surface area contributed by atoms with Gasteiger partial charge in [0.2, 0.25) is 0 Å². The lowest BCUT2D eigenvalue weighted by molar-refractivity contribution is -0.192. The second-order valence-electron chi connectivity index (χ2n) is 3.78. The normalized spacial score (nSPS) is 15.3. The van der Waals surface area contributed by atoms with E-state index in [1.165, 1.54) is 0 Å². The van der Waals surface area contributed by atoms with Gasteiger partial charge in [-0.05, 0) is 35.6 Å². The number of benzene rings is 1. The summed E-state index contributed by atoms with van der Waals surface area (Å²) in [6.07, 6.45) is 1.65. The van der Waals surface area contributed by atoms with Crippen LogP contribution in [0.1, 0.15) is 25.0 Å². The fourth-order valence-electron chi connectivity index (χ4n) is 1.91. The first-order chi connectivity index (χ1) is 8.67. The van der Waals surface area contributed by atoms with Crippen molar-refractivity contribution in [2.75, 3.05) is 5.17 Å². The molecule has 1 fully saturated rings. The highest BCUT2D eigenvalue weighted by Gasteiger charge is 2.30. The number of anilines is 1. The molecule has 0 amide bonds. The van der Waals surface area contributed by atoms with E-state index in [0.29, 0.717) is 5.69 Å². The first-order valence-electron chi connectivity index (χ1n) is 5.77. The van der Waals surface area contributed by atoms with E-state index in [9.17, 15) is 9.59 Å². The van der Waals surface area contributed by atoms with Crippen LogP contribution < -0.4 is 10.8 Å². The van der Waals surface area contributed by atoms with Crippen LogP contribution in [-0.2, 0) is 32.1 Å². The first kappa shape index (κ1) is 12.4. The van der Waals surface area contributed by atoms with Crippen molar-refractivity contribution in [1.82, 2.24) is 5.59 Å². The molecule has 1 heterocycles. The molecule has 0 saturated carbocycles. The largest absolute Gasteiger partial charge is 0.444 e. The van der Waals surface area contributed by atoms with E-state index >= 15 is 0 Å². The number of rotatable bonds is 3. The van der Waals surface area contributed by atoms with Crippen molar-refractivity contribution in [1.29, 1.82) is 0 Å². The van der Waals surface area contributed by atoms with Crippen molar-refractivity contribution < 1.29 is 19.3 Å². The third kappa shape index (κ3) is 2.14. The Morgan fingerprint density at radius 2 is 1.94 bits per heavy atom. The average Bonchev–Trinajstić information content (AvgIpc) is 2.40. The molecule has 1 aromatic rings. The number of hydrogen-bond donors (Lipinski definition) is 1. The van der Waals surface area contributed by atoms with Gasteiger partial charge in [-0.15, -0.1) is 5.17 Å². The molecule has 0 aliphatic carbocycles. The predicted octanol–water partition coefficient (Wildman–Crippen LogP) is 1.05. The van der Waals surface area contributed by atoms with Crippen molar-refractivity contribution in [3.05, 3.63) is 29.3 Å². The van der Waals surface area contributed by atoms with Gasteiger partial charge in [0.1, 0.15) is 5.69 Å². The van der Waals surface area contributed by atoms with Gasteiger partial charge in [0.15, 0.2) is 0 Å². The molecule has 96 valence electrons. The minimum atomic E-state index is -1.06. The summed E-state index contributed by atoms with van der Waals surface area (Å²) in [4.78, 5) is 31.3. The van der Waals surface area contributed by atoms with E-state index in [4.69, 9.17) is 4.84 Å². The lowest BCUT2D eigenvalue weighted by Gasteiger charge is -2.27. The van der Waals surface area contributed by atoms with Crippen molar-refractivity contribution in [3.63, 3.8) is 0 Å². The summed E-state index contributed by atoms with van der Waals surface area (Å²) in [6, 6.07) is 5.66. The number of hydrazine groups is 1. The minimum Gasteiger partial charge on any atom is -0.338 e. The molecule has 6 nitrogen and oxygen atoms in total. The van der Waals surface area contributed by atoms with Crippen LogP contribution in [0.3, 0.4) is 0 Å². The van der Waals surface area contributed by atoms with E-state index < -0.39 is 11.9 Å². The fourth-order valence-corrected chi connectivity index (χ4v) is 1.91. The summed E-state index contributed by atoms with van der Waals surface area (Å²) < 4.78 is 0. The first-order valence-corrected chi connectivity index (χ1v) is 5.77. The quantitative estimate of drug-likeness (QED) is 0.809. The lowest BCUT2D eigenvalue weighted by Crippen LogP contribution is -2.50. The molecular formula is C12H14N2O4. The van der Waals surface area contributed by atoms with E-state index in [0.717, 1.165) is 29.1 Å². The van der Waals surface area contributed by atoms with Crippen LogP contribution in [0.5, 0.6) is 0 Å². The molecule has 1 N–H and O–H groups in total. The van der Waals surface area contributed by atoms with Crippen LogP contribution in [-0.4, -0.2) is 11.9 Å². The predicted molar refractivity (Wildman–Crippen MR) is 63.0 cm³/mol. The van der Waals surface area contributed by atoms with Crippen LogP contribution in [0, 0.1) is 0 Å². The molecule has 6 heteroatoms. The molecule has 1 aromatic carbocycles. The minimum absolute atomic E-state index is 0.665. The topological polar surface area (TPSA) is 67.9 Å². The number of hydrogen-bond acceptors (Lipinski definition) is 6. The zero-order valence-corrected chi connectivity index (χ0v) is 10.2. The zero-order valence-electron chi connectivity index (χ0n) is 10.2. The Morgan fingerprint density at radius 3 is 2.56 bits per heavy atom. The zero-order chi connectivity index (χ0) is 13.1. The van der Waals surface area contributed by atoms with Crippen molar-refractivity contribution in [3.8, 4) is 0 Å². The fraction of sp³-hybridized carbons (Fsp3) is 0.333. The Bertz CT molecular complexity index is 487. The number of carbonyl (C=O) groups is 2. The molecular weight excluding hydrogens is 236 g/mol. The smallest absolute Gasteiger partial charge is 0.338 e. The maximum absolute atomic E-state index is 11.2. The van der Waals surface area contributed by atoms with Crippen LogP contribution >= 0.6 is 0 Å². The highest BCUT2D eigenvalue weighted by atomic mass is 16.9. The Labute approximate surface area is 104 Å². The molecule has 0 aromatic heterocycles. The summed E-state index contributed by atoms with van der Waals surface area (Å²) in [5, 5.41) is 1.07. The van der Waals surface area contributed by atoms with Crippen molar-refractivity contribution >= 4 is 17.6 Å². The Hall–Kier alpha value is -2.08. The van der Waals surface area contributed by atoms with Gasteiger partial charge < -0.3 is 9.68 Å². The molecule has 18 heavy (non-hydrogen) atoms. The van der Waals surface area contributed by atoms with Crippen LogP contribution in [0.15, 0.2) is 18.2 Å². The van der Waals surface area contributed by atoms with Crippen LogP contribution in [0.25, 0.3) is 0 Å². The average molecular weight is 250 g/mol. The molecule has 1 saturated heterocycles. The number of aryl methyl sites for hydroxylation is 1. The summed E-state index contributed by atoms with van der Waals surface area (Å²) in [5.74, 6) is -2.10. The Morgan fingerprint density at radius 1 is 1.17 bits per heavy atom. The van der Waals surface area contributed by atoms with E-state index in [1.807, 2.05) is 26.0 Å². The second kappa shape index (κ2) is 5.05. The van der Waals surface area contributed by atoms with Crippen molar-refractivity contribution in [2.24, 2.45) is 0 Å². The molecule has 0 unspecified atom stereocenters. The summed E-state index contributed by atoms with van der Waals surface area (Å²) >= 11 is 0. The van der Waals surface area contributed by atoms with Gasteiger partial charge in [-0.2, -0.15) is 0 Å². The Kier molecular flexibility index (Phi) is 3.47. The number of nitrogens with one attached hydrogen (secondary N) is 1. The van der Waals surface area contributed by atoms with Crippen molar-refractivity contribution in [2.45, 2.75) is 26.7 Å². The summed E-state index contributed by atoms with van der Waals surface area (Å²) in [7, 11) is 0. The summed E-state index contributed by atoms with van der Waals surface area (Å²) in [6.45, 7) is 4.06. The van der Waals surface area contributed by atoms with Gasteiger partial charge in [-0.25, -0.2) is 9.59 Å². The monoisotopic (exact) mass is 250 g/mol. The standard InChI is InChI=1S/C12H14N2O4/c1-3-8-6-5-7-10(9(8)4-2)14-13-17-11(15)12(16)18-14/h5-7,13H,3-4H2,1-2H3. The molecule has 0 radical (unpaired) electrons. The third-order valence-electron chi connectivity index (χ3n) is 2.76.